The minimum absolute atomic E-state index is 0.606. The highest BCUT2D eigenvalue weighted by Gasteiger charge is 2.15. The zero-order valence-corrected chi connectivity index (χ0v) is 10.2. The lowest BCUT2D eigenvalue weighted by Gasteiger charge is -2.15. The lowest BCUT2D eigenvalue weighted by atomic mass is 9.97. The van der Waals surface area contributed by atoms with Gasteiger partial charge in [0, 0.05) is 12.5 Å². The van der Waals surface area contributed by atoms with E-state index in [1.54, 1.807) is 0 Å². The van der Waals surface area contributed by atoms with Gasteiger partial charge in [-0.3, -0.25) is 0 Å². The maximum atomic E-state index is 4.29. The van der Waals surface area contributed by atoms with Gasteiger partial charge in [-0.2, -0.15) is 0 Å². The first-order chi connectivity index (χ1) is 7.33. The van der Waals surface area contributed by atoms with Crippen molar-refractivity contribution in [3.63, 3.8) is 0 Å². The van der Waals surface area contributed by atoms with Gasteiger partial charge in [0.15, 0.2) is 0 Å². The second-order valence-corrected chi connectivity index (χ2v) is 4.16. The molecule has 3 nitrogen and oxygen atoms in total. The predicted molar refractivity (Wildman–Crippen MR) is 62.9 cm³/mol. The van der Waals surface area contributed by atoms with Gasteiger partial charge in [-0.1, -0.05) is 33.6 Å². The van der Waals surface area contributed by atoms with Gasteiger partial charge in [0.1, 0.15) is 12.2 Å². The summed E-state index contributed by atoms with van der Waals surface area (Å²) < 4.78 is 2.22. The fourth-order valence-corrected chi connectivity index (χ4v) is 2.09. The molecule has 1 rings (SSSR count). The Morgan fingerprint density at radius 2 is 1.80 bits per heavy atom. The van der Waals surface area contributed by atoms with Crippen LogP contribution >= 0.6 is 0 Å². The fourth-order valence-electron chi connectivity index (χ4n) is 2.09. The van der Waals surface area contributed by atoms with Crippen LogP contribution < -0.4 is 0 Å². The summed E-state index contributed by atoms with van der Waals surface area (Å²) in [4.78, 5) is 0. The van der Waals surface area contributed by atoms with Crippen molar-refractivity contribution >= 4 is 0 Å². The Balaban J connectivity index is 2.74. The Morgan fingerprint density at radius 1 is 1.13 bits per heavy atom. The standard InChI is InChI=1S/C12H23N3/c1-4-7-11(8-5-2)12-14-13-10-15(12)9-6-3/h10-11H,4-9H2,1-3H3. The van der Waals surface area contributed by atoms with Crippen LogP contribution in [-0.2, 0) is 6.54 Å². The molecule has 86 valence electrons. The highest BCUT2D eigenvalue weighted by molar-refractivity contribution is 4.96. The maximum Gasteiger partial charge on any atom is 0.135 e. The molecule has 0 saturated carbocycles. The number of hydrogen-bond donors (Lipinski definition) is 0. The molecule has 0 spiro atoms. The highest BCUT2D eigenvalue weighted by atomic mass is 15.3. The van der Waals surface area contributed by atoms with Crippen LogP contribution in [0.2, 0.25) is 0 Å². The molecule has 0 atom stereocenters. The first-order valence-corrected chi connectivity index (χ1v) is 6.21. The van der Waals surface area contributed by atoms with E-state index in [0.29, 0.717) is 5.92 Å². The van der Waals surface area contributed by atoms with Crippen molar-refractivity contribution in [3.8, 4) is 0 Å². The lowest BCUT2D eigenvalue weighted by molar-refractivity contribution is 0.498. The van der Waals surface area contributed by atoms with Crippen LogP contribution in [-0.4, -0.2) is 14.8 Å². The van der Waals surface area contributed by atoms with Gasteiger partial charge in [0.05, 0.1) is 0 Å². The summed E-state index contributed by atoms with van der Waals surface area (Å²) in [5, 5.41) is 8.32. The molecule has 3 heteroatoms. The number of hydrogen-bond acceptors (Lipinski definition) is 2. The van der Waals surface area contributed by atoms with E-state index in [1.165, 1.54) is 31.5 Å². The minimum atomic E-state index is 0.606. The van der Waals surface area contributed by atoms with Gasteiger partial charge >= 0.3 is 0 Å². The van der Waals surface area contributed by atoms with Crippen LogP contribution in [0.15, 0.2) is 6.33 Å². The number of nitrogens with zero attached hydrogens (tertiary/aromatic N) is 3. The quantitative estimate of drug-likeness (QED) is 0.689. The molecule has 1 aromatic rings. The third-order valence-corrected chi connectivity index (χ3v) is 2.75. The molecule has 0 aliphatic heterocycles. The van der Waals surface area contributed by atoms with E-state index in [2.05, 4.69) is 35.5 Å². The number of aryl methyl sites for hydroxylation is 1. The lowest BCUT2D eigenvalue weighted by Crippen LogP contribution is -2.09. The van der Waals surface area contributed by atoms with Gasteiger partial charge in [-0.15, -0.1) is 10.2 Å². The van der Waals surface area contributed by atoms with Crippen molar-refractivity contribution < 1.29 is 0 Å². The van der Waals surface area contributed by atoms with Crippen LogP contribution in [0.1, 0.15) is 64.6 Å². The zero-order valence-electron chi connectivity index (χ0n) is 10.2. The topological polar surface area (TPSA) is 30.7 Å². The van der Waals surface area contributed by atoms with Crippen molar-refractivity contribution in [3.05, 3.63) is 12.2 Å². The second-order valence-electron chi connectivity index (χ2n) is 4.16. The van der Waals surface area contributed by atoms with Crippen LogP contribution in [0.25, 0.3) is 0 Å². The van der Waals surface area contributed by atoms with Crippen LogP contribution in [0, 0.1) is 0 Å². The largest absolute Gasteiger partial charge is 0.317 e. The molecular weight excluding hydrogens is 186 g/mol. The third-order valence-electron chi connectivity index (χ3n) is 2.75. The fraction of sp³-hybridized carbons (Fsp3) is 0.833. The van der Waals surface area contributed by atoms with E-state index in [-0.39, 0.29) is 0 Å². The Kier molecular flexibility index (Phi) is 5.37. The summed E-state index contributed by atoms with van der Waals surface area (Å²) in [5.74, 6) is 1.80. The molecule has 0 N–H and O–H groups in total. The van der Waals surface area contributed by atoms with Crippen LogP contribution in [0.5, 0.6) is 0 Å². The van der Waals surface area contributed by atoms with Crippen molar-refractivity contribution in [1.29, 1.82) is 0 Å². The van der Waals surface area contributed by atoms with E-state index in [0.717, 1.165) is 13.0 Å². The average Bonchev–Trinajstić information content (AvgIpc) is 2.66. The third kappa shape index (κ3) is 3.33. The molecule has 1 heterocycles. The molecule has 0 saturated heterocycles. The molecule has 0 unspecified atom stereocenters. The Bertz CT molecular complexity index is 262. The Hall–Kier alpha value is -0.860. The van der Waals surface area contributed by atoms with Gasteiger partial charge < -0.3 is 4.57 Å². The summed E-state index contributed by atoms with van der Waals surface area (Å²) in [6.45, 7) is 7.72. The molecule has 15 heavy (non-hydrogen) atoms. The van der Waals surface area contributed by atoms with Gasteiger partial charge in [0.25, 0.3) is 0 Å². The molecule has 1 aromatic heterocycles. The monoisotopic (exact) mass is 209 g/mol. The Morgan fingerprint density at radius 3 is 2.33 bits per heavy atom. The molecule has 0 amide bonds. The molecule has 0 aromatic carbocycles. The normalized spacial score (nSPS) is 11.2. The summed E-state index contributed by atoms with van der Waals surface area (Å²) in [7, 11) is 0. The van der Waals surface area contributed by atoms with E-state index in [4.69, 9.17) is 0 Å². The van der Waals surface area contributed by atoms with Crippen molar-refractivity contribution in [2.45, 2.75) is 65.3 Å². The summed E-state index contributed by atoms with van der Waals surface area (Å²) in [6, 6.07) is 0. The number of aromatic nitrogens is 3. The Labute approximate surface area is 92.9 Å². The SMILES string of the molecule is CCCC(CCC)c1nncn1CCC. The van der Waals surface area contributed by atoms with E-state index < -0.39 is 0 Å². The van der Waals surface area contributed by atoms with Gasteiger partial charge in [0.2, 0.25) is 0 Å². The van der Waals surface area contributed by atoms with Crippen molar-refractivity contribution in [1.82, 2.24) is 14.8 Å². The van der Waals surface area contributed by atoms with Gasteiger partial charge in [-0.05, 0) is 19.3 Å². The van der Waals surface area contributed by atoms with Crippen molar-refractivity contribution in [2.24, 2.45) is 0 Å². The van der Waals surface area contributed by atoms with E-state index in [1.807, 2.05) is 6.33 Å². The summed E-state index contributed by atoms with van der Waals surface area (Å²) in [5.41, 5.74) is 0. The second kappa shape index (κ2) is 6.59. The molecule has 0 radical (unpaired) electrons. The van der Waals surface area contributed by atoms with E-state index >= 15 is 0 Å². The first-order valence-electron chi connectivity index (χ1n) is 6.21. The predicted octanol–water partition coefficient (Wildman–Crippen LogP) is 3.37. The van der Waals surface area contributed by atoms with Gasteiger partial charge in [-0.25, -0.2) is 0 Å². The number of rotatable bonds is 7. The highest BCUT2D eigenvalue weighted by Crippen LogP contribution is 2.24. The summed E-state index contributed by atoms with van der Waals surface area (Å²) in [6.07, 6.45) is 7.94. The molecule has 0 bridgehead atoms. The summed E-state index contributed by atoms with van der Waals surface area (Å²) >= 11 is 0. The van der Waals surface area contributed by atoms with Crippen molar-refractivity contribution in [2.75, 3.05) is 0 Å². The van der Waals surface area contributed by atoms with Crippen LogP contribution in [0.4, 0.5) is 0 Å². The molecule has 0 aliphatic carbocycles. The molecule has 0 aliphatic rings. The molecular formula is C12H23N3. The minimum Gasteiger partial charge on any atom is -0.317 e. The molecule has 0 fully saturated rings. The first kappa shape index (κ1) is 12.2. The van der Waals surface area contributed by atoms with E-state index in [9.17, 15) is 0 Å². The average molecular weight is 209 g/mol. The smallest absolute Gasteiger partial charge is 0.135 e. The maximum absolute atomic E-state index is 4.29. The zero-order chi connectivity index (χ0) is 11.1. The van der Waals surface area contributed by atoms with Crippen LogP contribution in [0.3, 0.4) is 0 Å².